The highest BCUT2D eigenvalue weighted by Gasteiger charge is 2.36. The highest BCUT2D eigenvalue weighted by atomic mass is 32.1. The number of thiazole rings is 1. The summed E-state index contributed by atoms with van der Waals surface area (Å²) in [5.74, 6) is 0.0500. The molecule has 2 rings (SSSR count). The quantitative estimate of drug-likeness (QED) is 0.830. The van der Waals surface area contributed by atoms with Gasteiger partial charge in [0.15, 0.2) is 0 Å². The summed E-state index contributed by atoms with van der Waals surface area (Å²) in [6, 6.07) is -0.394. The van der Waals surface area contributed by atoms with Crippen molar-refractivity contribution in [3.63, 3.8) is 0 Å². The lowest BCUT2D eigenvalue weighted by Crippen LogP contribution is -2.58. The van der Waals surface area contributed by atoms with E-state index in [-0.39, 0.29) is 18.4 Å². The number of hydrogen-bond acceptors (Lipinski definition) is 4. The first-order chi connectivity index (χ1) is 9.56. The number of aryl methyl sites for hydroxylation is 1. The van der Waals surface area contributed by atoms with Gasteiger partial charge in [-0.05, 0) is 19.8 Å². The van der Waals surface area contributed by atoms with Crippen LogP contribution >= 0.6 is 11.3 Å². The van der Waals surface area contributed by atoms with Gasteiger partial charge >= 0.3 is 0 Å². The molecule has 2 heterocycles. The Kier molecular flexibility index (Phi) is 4.75. The summed E-state index contributed by atoms with van der Waals surface area (Å²) in [6.45, 7) is 7.15. The fourth-order valence-corrected chi connectivity index (χ4v) is 3.12. The molecule has 0 aromatic carbocycles. The molecule has 0 bridgehead atoms. The molecule has 1 atom stereocenters. The third-order valence-corrected chi connectivity index (χ3v) is 4.55. The minimum atomic E-state index is -0.394. The van der Waals surface area contributed by atoms with Crippen LogP contribution in [-0.2, 0) is 22.6 Å². The van der Waals surface area contributed by atoms with E-state index >= 15 is 0 Å². The van der Waals surface area contributed by atoms with Crippen LogP contribution in [0.2, 0.25) is 0 Å². The van der Waals surface area contributed by atoms with Gasteiger partial charge < -0.3 is 9.80 Å². The van der Waals surface area contributed by atoms with E-state index in [9.17, 15) is 9.59 Å². The first-order valence-electron chi connectivity index (χ1n) is 7.08. The topological polar surface area (TPSA) is 53.5 Å². The van der Waals surface area contributed by atoms with Crippen molar-refractivity contribution in [1.82, 2.24) is 14.8 Å². The summed E-state index contributed by atoms with van der Waals surface area (Å²) in [5.41, 5.74) is 0.879. The SMILES string of the molecule is CCCN1CC(=O)N(Cc2csc(CC)n2)[C@H](C)C1=O. The largest absolute Gasteiger partial charge is 0.332 e. The molecule has 0 N–H and O–H groups in total. The molecular formula is C14H21N3O2S. The standard InChI is InChI=1S/C14H21N3O2S/c1-4-6-16-8-13(18)17(10(3)14(16)19)7-11-9-20-12(5-2)15-11/h9-10H,4-8H2,1-3H3/t10-/m1/s1. The zero-order valence-electron chi connectivity index (χ0n) is 12.3. The molecular weight excluding hydrogens is 274 g/mol. The summed E-state index contributed by atoms with van der Waals surface area (Å²) in [6.07, 6.45) is 1.77. The number of rotatable bonds is 5. The Hall–Kier alpha value is -1.43. The van der Waals surface area contributed by atoms with Gasteiger partial charge in [0.1, 0.15) is 6.04 Å². The molecule has 1 aliphatic rings. The third-order valence-electron chi connectivity index (χ3n) is 3.51. The van der Waals surface area contributed by atoms with Crippen LogP contribution in [0.15, 0.2) is 5.38 Å². The monoisotopic (exact) mass is 295 g/mol. The highest BCUT2D eigenvalue weighted by Crippen LogP contribution is 2.18. The summed E-state index contributed by atoms with van der Waals surface area (Å²) >= 11 is 1.61. The van der Waals surface area contributed by atoms with E-state index in [4.69, 9.17) is 0 Å². The van der Waals surface area contributed by atoms with Gasteiger partial charge in [-0.25, -0.2) is 4.98 Å². The van der Waals surface area contributed by atoms with Gasteiger partial charge in [-0.3, -0.25) is 9.59 Å². The molecule has 1 fully saturated rings. The Morgan fingerprint density at radius 3 is 2.75 bits per heavy atom. The first-order valence-corrected chi connectivity index (χ1v) is 7.96. The van der Waals surface area contributed by atoms with Gasteiger partial charge in [0.25, 0.3) is 0 Å². The van der Waals surface area contributed by atoms with E-state index in [2.05, 4.69) is 11.9 Å². The number of piperazine rings is 1. The van der Waals surface area contributed by atoms with Crippen molar-refractivity contribution in [2.75, 3.05) is 13.1 Å². The van der Waals surface area contributed by atoms with Crippen LogP contribution in [0.5, 0.6) is 0 Å². The minimum absolute atomic E-state index is 0.0107. The fourth-order valence-electron chi connectivity index (χ4n) is 2.39. The molecule has 0 unspecified atom stereocenters. The maximum atomic E-state index is 12.2. The second-order valence-corrected chi connectivity index (χ2v) is 5.99. The summed E-state index contributed by atoms with van der Waals surface area (Å²) in [7, 11) is 0. The Balaban J connectivity index is 2.08. The number of aromatic nitrogens is 1. The molecule has 20 heavy (non-hydrogen) atoms. The van der Waals surface area contributed by atoms with Crippen molar-refractivity contribution in [2.24, 2.45) is 0 Å². The molecule has 0 radical (unpaired) electrons. The van der Waals surface area contributed by atoms with Crippen LogP contribution in [0.1, 0.15) is 37.9 Å². The number of nitrogens with zero attached hydrogens (tertiary/aromatic N) is 3. The predicted octanol–water partition coefficient (Wildman–Crippen LogP) is 1.67. The number of carbonyl (C=O) groups is 2. The zero-order chi connectivity index (χ0) is 14.7. The molecule has 1 aromatic rings. The number of hydrogen-bond donors (Lipinski definition) is 0. The predicted molar refractivity (Wildman–Crippen MR) is 78.4 cm³/mol. The molecule has 2 amide bonds. The maximum Gasteiger partial charge on any atom is 0.245 e. The van der Waals surface area contributed by atoms with Crippen LogP contribution < -0.4 is 0 Å². The smallest absolute Gasteiger partial charge is 0.245 e. The summed E-state index contributed by atoms with van der Waals surface area (Å²) < 4.78 is 0. The minimum Gasteiger partial charge on any atom is -0.332 e. The van der Waals surface area contributed by atoms with Gasteiger partial charge in [0.05, 0.1) is 23.8 Å². The lowest BCUT2D eigenvalue weighted by molar-refractivity contribution is -0.155. The Bertz CT molecular complexity index is 500. The second-order valence-electron chi connectivity index (χ2n) is 5.04. The second kappa shape index (κ2) is 6.35. The van der Waals surface area contributed by atoms with Gasteiger partial charge in [-0.1, -0.05) is 13.8 Å². The Morgan fingerprint density at radius 1 is 1.40 bits per heavy atom. The highest BCUT2D eigenvalue weighted by molar-refractivity contribution is 7.09. The van der Waals surface area contributed by atoms with E-state index in [0.29, 0.717) is 13.1 Å². The lowest BCUT2D eigenvalue weighted by Gasteiger charge is -2.38. The van der Waals surface area contributed by atoms with Crippen LogP contribution in [-0.4, -0.2) is 45.7 Å². The van der Waals surface area contributed by atoms with Crippen molar-refractivity contribution < 1.29 is 9.59 Å². The van der Waals surface area contributed by atoms with Gasteiger partial charge in [0.2, 0.25) is 11.8 Å². The molecule has 1 aliphatic heterocycles. The lowest BCUT2D eigenvalue weighted by atomic mass is 10.1. The average molecular weight is 295 g/mol. The van der Waals surface area contributed by atoms with Crippen LogP contribution in [0.3, 0.4) is 0 Å². The first kappa shape index (κ1) is 15.0. The van der Waals surface area contributed by atoms with Crippen LogP contribution in [0.4, 0.5) is 0 Å². The Labute approximate surface area is 123 Å². The molecule has 0 spiro atoms. The van der Waals surface area contributed by atoms with Gasteiger partial charge in [-0.2, -0.15) is 0 Å². The van der Waals surface area contributed by atoms with Crippen molar-refractivity contribution in [3.8, 4) is 0 Å². The van der Waals surface area contributed by atoms with Crippen molar-refractivity contribution in [2.45, 2.75) is 46.2 Å². The molecule has 0 saturated carbocycles. The van der Waals surface area contributed by atoms with E-state index in [1.807, 2.05) is 12.3 Å². The molecule has 6 heteroatoms. The fraction of sp³-hybridized carbons (Fsp3) is 0.643. The molecule has 0 aliphatic carbocycles. The van der Waals surface area contributed by atoms with E-state index in [0.717, 1.165) is 23.5 Å². The van der Waals surface area contributed by atoms with Crippen LogP contribution in [0.25, 0.3) is 0 Å². The Morgan fingerprint density at radius 2 is 2.15 bits per heavy atom. The van der Waals surface area contributed by atoms with E-state index in [1.165, 1.54) is 0 Å². The average Bonchev–Trinajstić information content (AvgIpc) is 2.89. The van der Waals surface area contributed by atoms with E-state index < -0.39 is 6.04 Å². The molecule has 1 saturated heterocycles. The maximum absolute atomic E-state index is 12.2. The van der Waals surface area contributed by atoms with E-state index in [1.54, 1.807) is 28.1 Å². The summed E-state index contributed by atoms with van der Waals surface area (Å²) in [5, 5.41) is 3.04. The molecule has 110 valence electrons. The van der Waals surface area contributed by atoms with Crippen molar-refractivity contribution >= 4 is 23.2 Å². The molecule has 1 aromatic heterocycles. The normalized spacial score (nSPS) is 19.9. The van der Waals surface area contributed by atoms with Gasteiger partial charge in [0, 0.05) is 11.9 Å². The van der Waals surface area contributed by atoms with Crippen molar-refractivity contribution in [3.05, 3.63) is 16.1 Å². The number of carbonyl (C=O) groups excluding carboxylic acids is 2. The number of amides is 2. The van der Waals surface area contributed by atoms with Crippen molar-refractivity contribution in [1.29, 1.82) is 0 Å². The van der Waals surface area contributed by atoms with Crippen LogP contribution in [0, 0.1) is 0 Å². The molecule has 5 nitrogen and oxygen atoms in total. The van der Waals surface area contributed by atoms with Gasteiger partial charge in [-0.15, -0.1) is 11.3 Å². The zero-order valence-corrected chi connectivity index (χ0v) is 13.1. The third kappa shape index (κ3) is 3.00. The summed E-state index contributed by atoms with van der Waals surface area (Å²) in [4.78, 5) is 32.2.